The quantitative estimate of drug-likeness (QED) is 0.408. The Morgan fingerprint density at radius 3 is 2.96 bits per heavy atom. The van der Waals surface area contributed by atoms with Crippen molar-refractivity contribution in [3.05, 3.63) is 52.5 Å². The zero-order valence-corrected chi connectivity index (χ0v) is 14.7. The molecule has 4 rings (SSSR count). The van der Waals surface area contributed by atoms with Crippen LogP contribution in [0.5, 0.6) is 0 Å². The summed E-state index contributed by atoms with van der Waals surface area (Å²) in [5.41, 5.74) is 1.98. The molecule has 3 aromatic heterocycles. The number of thiophene rings is 1. The maximum atomic E-state index is 12.0. The van der Waals surface area contributed by atoms with Crippen molar-refractivity contribution < 1.29 is 4.79 Å². The van der Waals surface area contributed by atoms with Gasteiger partial charge in [0.05, 0.1) is 21.7 Å². The molecule has 4 aromatic rings. The van der Waals surface area contributed by atoms with Gasteiger partial charge in [0, 0.05) is 0 Å². The maximum absolute atomic E-state index is 12.0. The van der Waals surface area contributed by atoms with Gasteiger partial charge in [0.25, 0.3) is 5.91 Å². The second-order valence-corrected chi connectivity index (χ2v) is 7.94. The molecular weight excluding hydrogens is 362 g/mol. The molecule has 2 N–H and O–H groups in total. The summed E-state index contributed by atoms with van der Waals surface area (Å²) in [6.45, 7) is 0. The minimum Gasteiger partial charge on any atom is -0.341 e. The van der Waals surface area contributed by atoms with E-state index in [0.29, 0.717) is 15.8 Å². The van der Waals surface area contributed by atoms with Gasteiger partial charge in [-0.15, -0.1) is 21.5 Å². The summed E-state index contributed by atoms with van der Waals surface area (Å²) in [4.78, 5) is 20.4. The first-order chi connectivity index (χ1) is 11.8. The number of aromatic amines is 1. The Morgan fingerprint density at radius 2 is 2.12 bits per heavy atom. The van der Waals surface area contributed by atoms with E-state index in [-0.39, 0.29) is 5.91 Å². The van der Waals surface area contributed by atoms with E-state index < -0.39 is 0 Å². The van der Waals surface area contributed by atoms with Gasteiger partial charge in [-0.1, -0.05) is 41.3 Å². The summed E-state index contributed by atoms with van der Waals surface area (Å²) in [5, 5.41) is 13.2. The fraction of sp³-hybridized carbons (Fsp3) is 0.0667. The van der Waals surface area contributed by atoms with E-state index in [1.807, 2.05) is 35.7 Å². The second-order valence-electron chi connectivity index (χ2n) is 4.79. The van der Waals surface area contributed by atoms with E-state index in [0.717, 1.165) is 21.2 Å². The van der Waals surface area contributed by atoms with E-state index in [1.54, 1.807) is 6.07 Å². The molecule has 0 aliphatic rings. The third-order valence-electron chi connectivity index (χ3n) is 3.14. The molecule has 0 spiro atoms. The van der Waals surface area contributed by atoms with E-state index in [9.17, 15) is 4.79 Å². The number of nitrogens with one attached hydrogen (secondary N) is 2. The van der Waals surface area contributed by atoms with Crippen LogP contribution in [0.2, 0.25) is 0 Å². The molecule has 24 heavy (non-hydrogen) atoms. The summed E-state index contributed by atoms with van der Waals surface area (Å²) in [5.74, 6) is 1.40. The van der Waals surface area contributed by atoms with Gasteiger partial charge >= 0.3 is 0 Å². The van der Waals surface area contributed by atoms with Gasteiger partial charge in [0.15, 0.2) is 4.34 Å². The Bertz CT molecular complexity index is 943. The number of anilines is 1. The van der Waals surface area contributed by atoms with Crippen LogP contribution in [0.3, 0.4) is 0 Å². The van der Waals surface area contributed by atoms with Gasteiger partial charge < -0.3 is 4.98 Å². The van der Waals surface area contributed by atoms with Gasteiger partial charge in [-0.05, 0) is 23.6 Å². The zero-order chi connectivity index (χ0) is 16.4. The molecule has 120 valence electrons. The van der Waals surface area contributed by atoms with Crippen LogP contribution in [-0.4, -0.2) is 26.1 Å². The van der Waals surface area contributed by atoms with Crippen molar-refractivity contribution in [3.63, 3.8) is 0 Å². The lowest BCUT2D eigenvalue weighted by Crippen LogP contribution is -2.09. The maximum Gasteiger partial charge on any atom is 0.267 e. The van der Waals surface area contributed by atoms with Crippen LogP contribution in [-0.2, 0) is 5.75 Å². The molecule has 1 aromatic carbocycles. The first-order valence-electron chi connectivity index (χ1n) is 7.03. The standard InChI is InChI=1S/C15H11N5OS3/c21-13(11-6-3-7-22-11)18-14-19-20-15(24-14)23-8-12-16-9-4-1-2-5-10(9)17-12/h1-7H,8H2,(H,16,17)(H,18,19,21). The number of benzene rings is 1. The Morgan fingerprint density at radius 1 is 1.21 bits per heavy atom. The zero-order valence-electron chi connectivity index (χ0n) is 12.2. The Balaban J connectivity index is 1.39. The second kappa shape index (κ2) is 6.71. The minimum atomic E-state index is -0.157. The smallest absolute Gasteiger partial charge is 0.267 e. The minimum absolute atomic E-state index is 0.157. The average molecular weight is 373 g/mol. The number of hydrogen-bond donors (Lipinski definition) is 2. The number of thioether (sulfide) groups is 1. The number of para-hydroxylation sites is 2. The first-order valence-corrected chi connectivity index (χ1v) is 9.71. The highest BCUT2D eigenvalue weighted by atomic mass is 32.2. The number of hydrogen-bond acceptors (Lipinski definition) is 7. The summed E-state index contributed by atoms with van der Waals surface area (Å²) < 4.78 is 0.789. The molecule has 0 bridgehead atoms. The normalized spacial score (nSPS) is 11.0. The number of nitrogens with zero attached hydrogens (tertiary/aromatic N) is 3. The van der Waals surface area contributed by atoms with Crippen molar-refractivity contribution in [2.75, 3.05) is 5.32 Å². The van der Waals surface area contributed by atoms with Crippen molar-refractivity contribution >= 4 is 56.5 Å². The first kappa shape index (κ1) is 15.3. The van der Waals surface area contributed by atoms with Crippen molar-refractivity contribution in [2.45, 2.75) is 10.1 Å². The highest BCUT2D eigenvalue weighted by Gasteiger charge is 2.12. The van der Waals surface area contributed by atoms with Gasteiger partial charge in [-0.2, -0.15) is 0 Å². The van der Waals surface area contributed by atoms with Crippen LogP contribution < -0.4 is 5.32 Å². The highest BCUT2D eigenvalue weighted by Crippen LogP contribution is 2.28. The summed E-state index contributed by atoms with van der Waals surface area (Å²) in [6.07, 6.45) is 0. The third-order valence-corrected chi connectivity index (χ3v) is 5.99. The molecule has 0 atom stereocenters. The number of carbonyl (C=O) groups excluding carboxylic acids is 1. The Hall–Kier alpha value is -2.23. The fourth-order valence-electron chi connectivity index (χ4n) is 2.09. The number of imidazole rings is 1. The van der Waals surface area contributed by atoms with E-state index in [2.05, 4.69) is 25.5 Å². The van der Waals surface area contributed by atoms with Crippen molar-refractivity contribution in [3.8, 4) is 0 Å². The van der Waals surface area contributed by atoms with E-state index >= 15 is 0 Å². The van der Waals surface area contributed by atoms with Crippen LogP contribution in [0.15, 0.2) is 46.1 Å². The molecule has 1 amide bonds. The average Bonchev–Trinajstić information content (AvgIpc) is 3.32. The molecule has 0 fully saturated rings. The fourth-order valence-corrected chi connectivity index (χ4v) is 4.33. The molecule has 0 saturated carbocycles. The lowest BCUT2D eigenvalue weighted by atomic mass is 10.3. The van der Waals surface area contributed by atoms with Gasteiger partial charge in [0.1, 0.15) is 5.82 Å². The monoisotopic (exact) mass is 373 g/mol. The number of fused-ring (bicyclic) bond motifs is 1. The van der Waals surface area contributed by atoms with Crippen molar-refractivity contribution in [1.82, 2.24) is 20.2 Å². The van der Waals surface area contributed by atoms with Crippen LogP contribution >= 0.6 is 34.4 Å². The number of aromatic nitrogens is 4. The predicted molar refractivity (Wildman–Crippen MR) is 97.8 cm³/mol. The number of H-pyrrole nitrogens is 1. The van der Waals surface area contributed by atoms with Gasteiger partial charge in [-0.25, -0.2) is 4.98 Å². The molecule has 3 heterocycles. The van der Waals surface area contributed by atoms with Crippen molar-refractivity contribution in [2.24, 2.45) is 0 Å². The summed E-state index contributed by atoms with van der Waals surface area (Å²) in [7, 11) is 0. The lowest BCUT2D eigenvalue weighted by Gasteiger charge is -1.96. The molecule has 0 aliphatic carbocycles. The molecular formula is C15H11N5OS3. The van der Waals surface area contributed by atoms with Gasteiger partial charge in [0.2, 0.25) is 5.13 Å². The molecule has 6 nitrogen and oxygen atoms in total. The molecule has 0 radical (unpaired) electrons. The largest absolute Gasteiger partial charge is 0.341 e. The van der Waals surface area contributed by atoms with Crippen LogP contribution in [0.25, 0.3) is 11.0 Å². The van der Waals surface area contributed by atoms with E-state index in [4.69, 9.17) is 0 Å². The predicted octanol–water partition coefficient (Wildman–Crippen LogP) is 4.02. The molecule has 0 saturated heterocycles. The molecule has 0 unspecified atom stereocenters. The summed E-state index contributed by atoms with van der Waals surface area (Å²) in [6, 6.07) is 11.5. The Labute approximate surface area is 149 Å². The van der Waals surface area contributed by atoms with Gasteiger partial charge in [-0.3, -0.25) is 10.1 Å². The molecule has 9 heteroatoms. The van der Waals surface area contributed by atoms with E-state index in [1.165, 1.54) is 34.4 Å². The Kier molecular flexibility index (Phi) is 4.28. The number of carbonyl (C=O) groups is 1. The number of amides is 1. The number of rotatable bonds is 5. The summed E-state index contributed by atoms with van der Waals surface area (Å²) >= 11 is 4.29. The SMILES string of the molecule is O=C(Nc1nnc(SCc2nc3ccccc3[nH]2)s1)c1cccs1. The van der Waals surface area contributed by atoms with Crippen LogP contribution in [0, 0.1) is 0 Å². The topological polar surface area (TPSA) is 83.6 Å². The van der Waals surface area contributed by atoms with Crippen LogP contribution in [0.1, 0.15) is 15.5 Å². The highest BCUT2D eigenvalue weighted by molar-refractivity contribution is 8.00. The third kappa shape index (κ3) is 3.32. The van der Waals surface area contributed by atoms with Crippen molar-refractivity contribution in [1.29, 1.82) is 0 Å². The lowest BCUT2D eigenvalue weighted by molar-refractivity contribution is 0.103. The molecule has 0 aliphatic heterocycles. The van der Waals surface area contributed by atoms with Crippen LogP contribution in [0.4, 0.5) is 5.13 Å².